The van der Waals surface area contributed by atoms with Gasteiger partial charge in [0.15, 0.2) is 0 Å². The topological polar surface area (TPSA) is 34.1 Å². The molecule has 2 aromatic heterocycles. The molecule has 0 bridgehead atoms. The normalized spacial score (nSPS) is 12.3. The molecule has 21 heavy (non-hydrogen) atoms. The van der Waals surface area contributed by atoms with Gasteiger partial charge in [0.05, 0.1) is 18.5 Å². The Morgan fingerprint density at radius 1 is 1.29 bits per heavy atom. The van der Waals surface area contributed by atoms with Gasteiger partial charge < -0.3 is 10.1 Å². The van der Waals surface area contributed by atoms with E-state index < -0.39 is 0 Å². The molecule has 0 saturated heterocycles. The fourth-order valence-electron chi connectivity index (χ4n) is 2.18. The number of hydrogen-bond donors (Lipinski definition) is 1. The highest BCUT2D eigenvalue weighted by molar-refractivity contribution is 7.09. The minimum atomic E-state index is 0.338. The summed E-state index contributed by atoms with van der Waals surface area (Å²) in [7, 11) is 0. The summed E-state index contributed by atoms with van der Waals surface area (Å²) in [6, 6.07) is 8.64. The lowest BCUT2D eigenvalue weighted by atomic mass is 10.1. The van der Waals surface area contributed by atoms with Gasteiger partial charge in [0, 0.05) is 17.3 Å². The number of hydrogen-bond acceptors (Lipinski definition) is 4. The third-order valence-corrected chi connectivity index (χ3v) is 4.30. The molecule has 0 aliphatic heterocycles. The lowest BCUT2D eigenvalue weighted by Crippen LogP contribution is -2.22. The van der Waals surface area contributed by atoms with Crippen LogP contribution in [0.3, 0.4) is 0 Å². The van der Waals surface area contributed by atoms with Gasteiger partial charge in [-0.1, -0.05) is 19.9 Å². The standard InChI is InChI=1S/C17H24N2OS/c1-3-10-18-16(4-2)17-8-7-14(13-19-17)20-11-9-15-6-5-12-21-15/h5-8,12-13,16,18H,3-4,9-11H2,1-2H3. The quantitative estimate of drug-likeness (QED) is 0.753. The molecule has 1 unspecified atom stereocenters. The zero-order valence-electron chi connectivity index (χ0n) is 12.8. The van der Waals surface area contributed by atoms with Crippen molar-refractivity contribution in [3.63, 3.8) is 0 Å². The Balaban J connectivity index is 1.83. The zero-order chi connectivity index (χ0) is 14.9. The minimum Gasteiger partial charge on any atom is -0.492 e. The van der Waals surface area contributed by atoms with Gasteiger partial charge in [-0.3, -0.25) is 4.98 Å². The molecular weight excluding hydrogens is 280 g/mol. The Hall–Kier alpha value is -1.39. The van der Waals surface area contributed by atoms with Gasteiger partial charge in [-0.2, -0.15) is 0 Å². The van der Waals surface area contributed by atoms with Crippen molar-refractivity contribution < 1.29 is 4.74 Å². The van der Waals surface area contributed by atoms with E-state index in [1.807, 2.05) is 12.3 Å². The average Bonchev–Trinajstić information content (AvgIpc) is 3.03. The van der Waals surface area contributed by atoms with Crippen LogP contribution in [0.5, 0.6) is 5.75 Å². The highest BCUT2D eigenvalue weighted by atomic mass is 32.1. The second-order valence-corrected chi connectivity index (χ2v) is 6.04. The molecule has 0 fully saturated rings. The number of nitrogens with one attached hydrogen (secondary N) is 1. The highest BCUT2D eigenvalue weighted by Crippen LogP contribution is 2.18. The first-order chi connectivity index (χ1) is 10.3. The number of aromatic nitrogens is 1. The summed E-state index contributed by atoms with van der Waals surface area (Å²) in [6.45, 7) is 6.09. The lowest BCUT2D eigenvalue weighted by molar-refractivity contribution is 0.321. The smallest absolute Gasteiger partial charge is 0.137 e. The Morgan fingerprint density at radius 3 is 2.81 bits per heavy atom. The largest absolute Gasteiger partial charge is 0.492 e. The van der Waals surface area contributed by atoms with Crippen LogP contribution in [0.2, 0.25) is 0 Å². The van der Waals surface area contributed by atoms with Gasteiger partial charge in [-0.05, 0) is 43.0 Å². The third kappa shape index (κ3) is 5.14. The van der Waals surface area contributed by atoms with Crippen molar-refractivity contribution in [2.75, 3.05) is 13.2 Å². The maximum absolute atomic E-state index is 5.75. The van der Waals surface area contributed by atoms with E-state index in [-0.39, 0.29) is 0 Å². The van der Waals surface area contributed by atoms with E-state index in [9.17, 15) is 0 Å². The lowest BCUT2D eigenvalue weighted by Gasteiger charge is -2.16. The summed E-state index contributed by atoms with van der Waals surface area (Å²) in [5.74, 6) is 0.848. The van der Waals surface area contributed by atoms with Gasteiger partial charge >= 0.3 is 0 Å². The average molecular weight is 304 g/mol. The van der Waals surface area contributed by atoms with Crippen molar-refractivity contribution in [3.8, 4) is 5.75 Å². The van der Waals surface area contributed by atoms with E-state index in [0.29, 0.717) is 12.6 Å². The molecule has 0 amide bonds. The fourth-order valence-corrected chi connectivity index (χ4v) is 2.87. The maximum Gasteiger partial charge on any atom is 0.137 e. The first kappa shape index (κ1) is 16.0. The molecule has 1 N–H and O–H groups in total. The molecule has 2 heterocycles. The van der Waals surface area contributed by atoms with Crippen LogP contribution in [0.4, 0.5) is 0 Å². The summed E-state index contributed by atoms with van der Waals surface area (Å²) < 4.78 is 5.75. The van der Waals surface area contributed by atoms with Gasteiger partial charge in [-0.15, -0.1) is 11.3 Å². The van der Waals surface area contributed by atoms with Crippen LogP contribution in [0, 0.1) is 0 Å². The van der Waals surface area contributed by atoms with Crippen molar-refractivity contribution in [2.45, 2.75) is 39.2 Å². The summed E-state index contributed by atoms with van der Waals surface area (Å²) in [5.41, 5.74) is 1.09. The van der Waals surface area contributed by atoms with Gasteiger partial charge in [0.2, 0.25) is 0 Å². The molecule has 3 nitrogen and oxygen atoms in total. The van der Waals surface area contributed by atoms with Crippen molar-refractivity contribution in [1.82, 2.24) is 10.3 Å². The van der Waals surface area contributed by atoms with Crippen LogP contribution < -0.4 is 10.1 Å². The number of nitrogens with zero attached hydrogens (tertiary/aromatic N) is 1. The van der Waals surface area contributed by atoms with E-state index in [1.54, 1.807) is 11.3 Å². The van der Waals surface area contributed by atoms with E-state index in [0.717, 1.165) is 37.3 Å². The second-order valence-electron chi connectivity index (χ2n) is 5.01. The van der Waals surface area contributed by atoms with Crippen molar-refractivity contribution in [2.24, 2.45) is 0 Å². The van der Waals surface area contributed by atoms with E-state index >= 15 is 0 Å². The Bertz CT molecular complexity index is 496. The number of rotatable bonds is 9. The first-order valence-electron chi connectivity index (χ1n) is 7.68. The van der Waals surface area contributed by atoms with Crippen LogP contribution in [0.15, 0.2) is 35.8 Å². The molecule has 114 valence electrons. The SMILES string of the molecule is CCCNC(CC)c1ccc(OCCc2cccs2)cn1. The van der Waals surface area contributed by atoms with Crippen LogP contribution in [-0.4, -0.2) is 18.1 Å². The number of thiophene rings is 1. The maximum atomic E-state index is 5.75. The number of pyridine rings is 1. The molecular formula is C17H24N2OS. The van der Waals surface area contributed by atoms with Crippen LogP contribution in [0.25, 0.3) is 0 Å². The van der Waals surface area contributed by atoms with Gasteiger partial charge in [0.25, 0.3) is 0 Å². The Labute approximate surface area is 131 Å². The molecule has 4 heteroatoms. The van der Waals surface area contributed by atoms with Crippen LogP contribution >= 0.6 is 11.3 Å². The molecule has 0 aliphatic rings. The molecule has 2 aromatic rings. The van der Waals surface area contributed by atoms with Crippen molar-refractivity contribution in [3.05, 3.63) is 46.4 Å². The van der Waals surface area contributed by atoms with Crippen LogP contribution in [-0.2, 0) is 6.42 Å². The van der Waals surface area contributed by atoms with E-state index in [1.165, 1.54) is 4.88 Å². The molecule has 2 rings (SSSR count). The molecule has 0 saturated carbocycles. The van der Waals surface area contributed by atoms with Crippen molar-refractivity contribution >= 4 is 11.3 Å². The fraction of sp³-hybridized carbons (Fsp3) is 0.471. The van der Waals surface area contributed by atoms with Crippen molar-refractivity contribution in [1.29, 1.82) is 0 Å². The first-order valence-corrected chi connectivity index (χ1v) is 8.56. The summed E-state index contributed by atoms with van der Waals surface area (Å²) in [6.07, 6.45) is 4.97. The third-order valence-electron chi connectivity index (χ3n) is 3.36. The van der Waals surface area contributed by atoms with Gasteiger partial charge in [-0.25, -0.2) is 0 Å². The summed E-state index contributed by atoms with van der Waals surface area (Å²) in [4.78, 5) is 5.89. The van der Waals surface area contributed by atoms with Gasteiger partial charge in [0.1, 0.15) is 5.75 Å². The molecule has 0 spiro atoms. The molecule has 0 radical (unpaired) electrons. The van der Waals surface area contributed by atoms with Crippen LogP contribution in [0.1, 0.15) is 43.3 Å². The van der Waals surface area contributed by atoms with E-state index in [4.69, 9.17) is 4.74 Å². The predicted octanol–water partition coefficient (Wildman–Crippen LogP) is 4.22. The number of ether oxygens (including phenoxy) is 1. The monoisotopic (exact) mass is 304 g/mol. The summed E-state index contributed by atoms with van der Waals surface area (Å²) >= 11 is 1.77. The minimum absolute atomic E-state index is 0.338. The predicted molar refractivity (Wildman–Crippen MR) is 89.1 cm³/mol. The zero-order valence-corrected chi connectivity index (χ0v) is 13.7. The Morgan fingerprint density at radius 2 is 2.19 bits per heavy atom. The van der Waals surface area contributed by atoms with E-state index in [2.05, 4.69) is 47.7 Å². The molecule has 0 aliphatic carbocycles. The highest BCUT2D eigenvalue weighted by Gasteiger charge is 2.09. The molecule has 1 atom stereocenters. The molecule has 0 aromatic carbocycles. The summed E-state index contributed by atoms with van der Waals surface area (Å²) in [5, 5.41) is 5.61. The Kier molecular flexibility index (Phi) is 6.70. The second kappa shape index (κ2) is 8.80.